The average Bonchev–Trinajstić information content (AvgIpc) is 2.41. The molecule has 2 rings (SSSR count). The second-order valence-corrected chi connectivity index (χ2v) is 6.67. The normalized spacial score (nSPS) is 11.1. The highest BCUT2D eigenvalue weighted by Gasteiger charge is 2.12. The number of carbonyl (C=O) groups is 1. The summed E-state index contributed by atoms with van der Waals surface area (Å²) in [6.07, 6.45) is 2.61. The van der Waals surface area contributed by atoms with E-state index in [0.717, 1.165) is 6.26 Å². The second-order valence-electron chi connectivity index (χ2n) is 4.65. The van der Waals surface area contributed by atoms with Crippen molar-refractivity contribution in [3.05, 3.63) is 47.8 Å². The third kappa shape index (κ3) is 3.57. The van der Waals surface area contributed by atoms with Gasteiger partial charge in [-0.1, -0.05) is 0 Å². The monoisotopic (exact) mass is 305 g/mol. The zero-order chi connectivity index (χ0) is 15.6. The topological polar surface area (TPSA) is 102 Å². The molecule has 21 heavy (non-hydrogen) atoms. The first-order valence-electron chi connectivity index (χ1n) is 6.11. The summed E-state index contributed by atoms with van der Waals surface area (Å²) in [6, 6.07) is 7.49. The number of hydrogen-bond donors (Lipinski definition) is 2. The molecule has 1 amide bonds. The SMILES string of the molecule is Cc1ncc(N)cc1C(=O)Nc1ccc(S(C)(=O)=O)cc1. The molecule has 110 valence electrons. The maximum atomic E-state index is 12.1. The van der Waals surface area contributed by atoms with E-state index in [1.165, 1.54) is 30.5 Å². The van der Waals surface area contributed by atoms with Crippen LogP contribution in [0.25, 0.3) is 0 Å². The first-order valence-corrected chi connectivity index (χ1v) is 8.00. The fourth-order valence-electron chi connectivity index (χ4n) is 1.76. The second kappa shape index (κ2) is 5.53. The highest BCUT2D eigenvalue weighted by Crippen LogP contribution is 2.16. The van der Waals surface area contributed by atoms with Crippen molar-refractivity contribution in [3.63, 3.8) is 0 Å². The average molecular weight is 305 g/mol. The molecule has 0 saturated carbocycles. The van der Waals surface area contributed by atoms with Gasteiger partial charge in [0, 0.05) is 11.9 Å². The molecule has 1 heterocycles. The Bertz CT molecular complexity index is 784. The van der Waals surface area contributed by atoms with E-state index in [1.54, 1.807) is 13.0 Å². The Morgan fingerprint density at radius 1 is 1.24 bits per heavy atom. The van der Waals surface area contributed by atoms with Crippen LogP contribution in [0.4, 0.5) is 11.4 Å². The van der Waals surface area contributed by atoms with E-state index in [9.17, 15) is 13.2 Å². The molecule has 0 atom stereocenters. The lowest BCUT2D eigenvalue weighted by molar-refractivity contribution is 0.102. The van der Waals surface area contributed by atoms with Crippen molar-refractivity contribution < 1.29 is 13.2 Å². The Morgan fingerprint density at radius 3 is 2.43 bits per heavy atom. The number of pyridine rings is 1. The van der Waals surface area contributed by atoms with E-state index in [2.05, 4.69) is 10.3 Å². The summed E-state index contributed by atoms with van der Waals surface area (Å²) < 4.78 is 22.7. The van der Waals surface area contributed by atoms with E-state index in [-0.39, 0.29) is 10.8 Å². The molecule has 1 aromatic carbocycles. The van der Waals surface area contributed by atoms with Crippen LogP contribution >= 0.6 is 0 Å². The van der Waals surface area contributed by atoms with Crippen molar-refractivity contribution in [1.82, 2.24) is 4.98 Å². The quantitative estimate of drug-likeness (QED) is 0.897. The molecule has 0 bridgehead atoms. The van der Waals surface area contributed by atoms with Crippen molar-refractivity contribution in [2.24, 2.45) is 0 Å². The molecule has 0 unspecified atom stereocenters. The van der Waals surface area contributed by atoms with Crippen molar-refractivity contribution in [1.29, 1.82) is 0 Å². The van der Waals surface area contributed by atoms with E-state index >= 15 is 0 Å². The van der Waals surface area contributed by atoms with Crippen molar-refractivity contribution in [2.45, 2.75) is 11.8 Å². The highest BCUT2D eigenvalue weighted by atomic mass is 32.2. The lowest BCUT2D eigenvalue weighted by Crippen LogP contribution is -2.14. The van der Waals surface area contributed by atoms with Crippen LogP contribution in [0, 0.1) is 6.92 Å². The molecule has 6 nitrogen and oxygen atoms in total. The fourth-order valence-corrected chi connectivity index (χ4v) is 2.39. The zero-order valence-electron chi connectivity index (χ0n) is 11.6. The van der Waals surface area contributed by atoms with Crippen LogP contribution < -0.4 is 11.1 Å². The molecule has 0 aliphatic heterocycles. The first kappa shape index (κ1) is 15.0. The number of carbonyl (C=O) groups excluding carboxylic acids is 1. The number of aryl methyl sites for hydroxylation is 1. The fraction of sp³-hybridized carbons (Fsp3) is 0.143. The van der Waals surface area contributed by atoms with Gasteiger partial charge in [0.05, 0.1) is 28.0 Å². The summed E-state index contributed by atoms with van der Waals surface area (Å²) in [5.74, 6) is -0.348. The number of rotatable bonds is 3. The van der Waals surface area contributed by atoms with Crippen LogP contribution in [0.1, 0.15) is 16.1 Å². The van der Waals surface area contributed by atoms with Gasteiger partial charge in [-0.05, 0) is 37.3 Å². The van der Waals surface area contributed by atoms with E-state index in [0.29, 0.717) is 22.6 Å². The summed E-state index contributed by atoms with van der Waals surface area (Å²) in [5, 5.41) is 2.68. The van der Waals surface area contributed by atoms with E-state index in [1.807, 2.05) is 0 Å². The van der Waals surface area contributed by atoms with Crippen LogP contribution in [0.5, 0.6) is 0 Å². The highest BCUT2D eigenvalue weighted by molar-refractivity contribution is 7.90. The minimum atomic E-state index is -3.25. The van der Waals surface area contributed by atoms with Gasteiger partial charge in [0.25, 0.3) is 5.91 Å². The van der Waals surface area contributed by atoms with Crippen LogP contribution in [0.3, 0.4) is 0 Å². The molecule has 1 aromatic heterocycles. The lowest BCUT2D eigenvalue weighted by Gasteiger charge is -2.08. The number of hydrogen-bond acceptors (Lipinski definition) is 5. The molecule has 7 heteroatoms. The van der Waals surface area contributed by atoms with E-state index in [4.69, 9.17) is 5.73 Å². The molecule has 0 aliphatic rings. The van der Waals surface area contributed by atoms with Gasteiger partial charge >= 0.3 is 0 Å². The summed E-state index contributed by atoms with van der Waals surface area (Å²) in [5.41, 5.74) is 7.45. The number of anilines is 2. The Hall–Kier alpha value is -2.41. The minimum absolute atomic E-state index is 0.197. The van der Waals surface area contributed by atoms with Gasteiger partial charge in [-0.25, -0.2) is 8.42 Å². The van der Waals surface area contributed by atoms with Gasteiger partial charge in [-0.15, -0.1) is 0 Å². The number of nitrogens with one attached hydrogen (secondary N) is 1. The number of nitrogen functional groups attached to an aromatic ring is 1. The van der Waals surface area contributed by atoms with Gasteiger partial charge in [0.2, 0.25) is 0 Å². The Morgan fingerprint density at radius 2 is 1.86 bits per heavy atom. The van der Waals surface area contributed by atoms with Crippen molar-refractivity contribution in [3.8, 4) is 0 Å². The molecular weight excluding hydrogens is 290 g/mol. The summed E-state index contributed by atoms with van der Waals surface area (Å²) in [6.45, 7) is 1.71. The third-order valence-electron chi connectivity index (χ3n) is 2.89. The first-order chi connectivity index (χ1) is 9.77. The number of benzene rings is 1. The number of nitrogens with two attached hydrogens (primary N) is 1. The summed E-state index contributed by atoms with van der Waals surface area (Å²) in [4.78, 5) is 16.4. The molecule has 0 fully saturated rings. The Labute approximate surface area is 122 Å². The standard InChI is InChI=1S/C14H15N3O3S/c1-9-13(7-10(15)8-16-9)14(18)17-11-3-5-12(6-4-11)21(2,19)20/h3-8H,15H2,1-2H3,(H,17,18). The maximum Gasteiger partial charge on any atom is 0.257 e. The molecule has 0 aliphatic carbocycles. The molecule has 2 aromatic rings. The minimum Gasteiger partial charge on any atom is -0.397 e. The Kier molecular flexibility index (Phi) is 3.95. The van der Waals surface area contributed by atoms with Gasteiger partial charge in [0.1, 0.15) is 0 Å². The van der Waals surface area contributed by atoms with Crippen molar-refractivity contribution in [2.75, 3.05) is 17.3 Å². The maximum absolute atomic E-state index is 12.1. The van der Waals surface area contributed by atoms with Crippen LogP contribution in [-0.2, 0) is 9.84 Å². The van der Waals surface area contributed by atoms with Gasteiger partial charge in [0.15, 0.2) is 9.84 Å². The predicted molar refractivity (Wildman–Crippen MR) is 80.9 cm³/mol. The van der Waals surface area contributed by atoms with Gasteiger partial charge < -0.3 is 11.1 Å². The number of sulfone groups is 1. The zero-order valence-corrected chi connectivity index (χ0v) is 12.4. The molecule has 3 N–H and O–H groups in total. The molecule has 0 spiro atoms. The molecule has 0 radical (unpaired) electrons. The number of aromatic nitrogens is 1. The van der Waals surface area contributed by atoms with Gasteiger partial charge in [-0.3, -0.25) is 9.78 Å². The lowest BCUT2D eigenvalue weighted by atomic mass is 10.1. The van der Waals surface area contributed by atoms with Crippen molar-refractivity contribution >= 4 is 27.1 Å². The van der Waals surface area contributed by atoms with Crippen LogP contribution in [-0.4, -0.2) is 25.6 Å². The van der Waals surface area contributed by atoms with Gasteiger partial charge in [-0.2, -0.15) is 0 Å². The number of nitrogens with zero attached hydrogens (tertiary/aromatic N) is 1. The largest absolute Gasteiger partial charge is 0.397 e. The summed E-state index contributed by atoms with van der Waals surface area (Å²) in [7, 11) is -3.25. The third-order valence-corrected chi connectivity index (χ3v) is 4.02. The smallest absolute Gasteiger partial charge is 0.257 e. The summed E-state index contributed by atoms with van der Waals surface area (Å²) >= 11 is 0. The Balaban J connectivity index is 2.22. The molecule has 0 saturated heterocycles. The predicted octanol–water partition coefficient (Wildman–Crippen LogP) is 1.63. The van der Waals surface area contributed by atoms with Crippen LogP contribution in [0.2, 0.25) is 0 Å². The number of amides is 1. The van der Waals surface area contributed by atoms with E-state index < -0.39 is 9.84 Å². The van der Waals surface area contributed by atoms with Crippen LogP contribution in [0.15, 0.2) is 41.4 Å². The molecular formula is C14H15N3O3S.